The number of sulfonamides is 1. The monoisotopic (exact) mass is 383 g/mol. The van der Waals surface area contributed by atoms with Crippen LogP contribution < -0.4 is 0 Å². The predicted octanol–water partition coefficient (Wildman–Crippen LogP) is 3.23. The van der Waals surface area contributed by atoms with Gasteiger partial charge in [0.05, 0.1) is 10.5 Å². The molecule has 2 aromatic carbocycles. The smallest absolute Gasteiger partial charge is 0.348 e. The Morgan fingerprint density at radius 3 is 2.27 bits per heavy atom. The highest BCUT2D eigenvalue weighted by molar-refractivity contribution is 9.10. The van der Waals surface area contributed by atoms with E-state index in [1.807, 2.05) is 0 Å². The molecule has 2 aromatic rings. The molecule has 0 atom stereocenters. The molecule has 116 valence electrons. The summed E-state index contributed by atoms with van der Waals surface area (Å²) in [5.41, 5.74) is 0.281. The molecule has 22 heavy (non-hydrogen) atoms. The number of nitrogens with zero attached hydrogens (tertiary/aromatic N) is 1. The molecule has 5 nitrogen and oxygen atoms in total. The Morgan fingerprint density at radius 1 is 1.09 bits per heavy atom. The summed E-state index contributed by atoms with van der Waals surface area (Å²) in [6, 6.07) is 14.6. The fourth-order valence-electron chi connectivity index (χ4n) is 1.77. The van der Waals surface area contributed by atoms with E-state index in [-0.39, 0.29) is 17.0 Å². The quantitative estimate of drug-likeness (QED) is 0.743. The largest absolute Gasteiger partial charge is 0.357 e. The van der Waals surface area contributed by atoms with Crippen LogP contribution in [0.15, 0.2) is 64.0 Å². The molecular formula is C15H14BrNO4S. The van der Waals surface area contributed by atoms with Crippen LogP contribution in [0.5, 0.6) is 0 Å². The van der Waals surface area contributed by atoms with Crippen LogP contribution in [0, 0.1) is 0 Å². The van der Waals surface area contributed by atoms with Gasteiger partial charge in [-0.05, 0) is 51.6 Å². The van der Waals surface area contributed by atoms with Crippen molar-refractivity contribution < 1.29 is 18.0 Å². The van der Waals surface area contributed by atoms with E-state index in [0.29, 0.717) is 8.94 Å². The summed E-state index contributed by atoms with van der Waals surface area (Å²) < 4.78 is 26.2. The minimum Gasteiger partial charge on any atom is -0.348 e. The van der Waals surface area contributed by atoms with Gasteiger partial charge in [-0.1, -0.05) is 30.3 Å². The number of hydrogen-bond donors (Lipinski definition) is 0. The Kier molecular flexibility index (Phi) is 5.33. The fourth-order valence-corrected chi connectivity index (χ4v) is 3.96. The topological polar surface area (TPSA) is 63.7 Å². The first-order chi connectivity index (χ1) is 10.5. The lowest BCUT2D eigenvalue weighted by Gasteiger charge is -2.19. The molecule has 0 fully saturated rings. The lowest BCUT2D eigenvalue weighted by Crippen LogP contribution is -2.33. The van der Waals surface area contributed by atoms with Crippen LogP contribution in [0.3, 0.4) is 0 Å². The predicted molar refractivity (Wildman–Crippen MR) is 85.6 cm³/mol. The minimum atomic E-state index is -3.94. The third kappa shape index (κ3) is 3.55. The molecule has 0 radical (unpaired) electrons. The van der Waals surface area contributed by atoms with Crippen LogP contribution in [0.2, 0.25) is 0 Å². The van der Waals surface area contributed by atoms with Crippen molar-refractivity contribution in [2.75, 3.05) is 6.54 Å². The van der Waals surface area contributed by atoms with Gasteiger partial charge in [-0.3, -0.25) is 0 Å². The maximum Gasteiger partial charge on any atom is 0.357 e. The first-order valence-corrected chi connectivity index (χ1v) is 8.74. The van der Waals surface area contributed by atoms with Crippen LogP contribution in [-0.2, 0) is 14.9 Å². The highest BCUT2D eigenvalue weighted by Gasteiger charge is 2.29. The maximum atomic E-state index is 12.6. The second-order valence-electron chi connectivity index (χ2n) is 4.30. The van der Waals surface area contributed by atoms with Crippen molar-refractivity contribution in [3.63, 3.8) is 0 Å². The zero-order valence-corrected chi connectivity index (χ0v) is 14.2. The normalized spacial score (nSPS) is 11.4. The zero-order valence-electron chi connectivity index (χ0n) is 11.8. The molecule has 0 aliphatic heterocycles. The molecule has 0 spiro atoms. The fraction of sp³-hybridized carbons (Fsp3) is 0.133. The van der Waals surface area contributed by atoms with Gasteiger partial charge >= 0.3 is 5.97 Å². The van der Waals surface area contributed by atoms with Gasteiger partial charge in [0.2, 0.25) is 0 Å². The minimum absolute atomic E-state index is 0.00222. The number of hydroxylamine groups is 1. The van der Waals surface area contributed by atoms with Crippen molar-refractivity contribution in [2.45, 2.75) is 11.8 Å². The molecule has 2 rings (SSSR count). The number of rotatable bonds is 5. The van der Waals surface area contributed by atoms with Gasteiger partial charge in [-0.2, -0.15) is 0 Å². The van der Waals surface area contributed by atoms with Gasteiger partial charge in [0.1, 0.15) is 0 Å². The van der Waals surface area contributed by atoms with Crippen LogP contribution in [0.1, 0.15) is 17.3 Å². The molecule has 7 heteroatoms. The van der Waals surface area contributed by atoms with Gasteiger partial charge in [0.25, 0.3) is 10.0 Å². The second kappa shape index (κ2) is 7.04. The number of carbonyl (C=O) groups excluding carboxylic acids is 1. The summed E-state index contributed by atoms with van der Waals surface area (Å²) in [6.45, 7) is 1.59. The molecule has 0 aliphatic carbocycles. The molecule has 0 amide bonds. The van der Waals surface area contributed by atoms with Gasteiger partial charge in [-0.15, -0.1) is 0 Å². The average molecular weight is 384 g/mol. The lowest BCUT2D eigenvalue weighted by molar-refractivity contribution is -0.0416. The van der Waals surface area contributed by atoms with Crippen molar-refractivity contribution in [1.29, 1.82) is 0 Å². The van der Waals surface area contributed by atoms with Crippen molar-refractivity contribution in [1.82, 2.24) is 4.47 Å². The third-order valence-corrected chi connectivity index (χ3v) is 5.57. The van der Waals surface area contributed by atoms with E-state index in [2.05, 4.69) is 15.9 Å². The molecular weight excluding hydrogens is 370 g/mol. The van der Waals surface area contributed by atoms with E-state index in [4.69, 9.17) is 4.84 Å². The van der Waals surface area contributed by atoms with E-state index in [1.165, 1.54) is 6.07 Å². The Hall–Kier alpha value is -1.70. The first kappa shape index (κ1) is 16.7. The van der Waals surface area contributed by atoms with Crippen LogP contribution in [-0.4, -0.2) is 25.4 Å². The van der Waals surface area contributed by atoms with E-state index in [1.54, 1.807) is 55.5 Å². The number of benzene rings is 2. The van der Waals surface area contributed by atoms with E-state index in [0.717, 1.165) is 0 Å². The Balaban J connectivity index is 2.28. The Morgan fingerprint density at radius 2 is 1.68 bits per heavy atom. The van der Waals surface area contributed by atoms with E-state index >= 15 is 0 Å². The highest BCUT2D eigenvalue weighted by Crippen LogP contribution is 2.25. The highest BCUT2D eigenvalue weighted by atomic mass is 79.9. The molecule has 0 bridgehead atoms. The first-order valence-electron chi connectivity index (χ1n) is 6.51. The lowest BCUT2D eigenvalue weighted by atomic mass is 10.2. The molecule has 0 aliphatic rings. The summed E-state index contributed by atoms with van der Waals surface area (Å²) in [5, 5.41) is 0. The molecule has 0 unspecified atom stereocenters. The molecule has 0 N–H and O–H groups in total. The molecule has 0 saturated heterocycles. The summed E-state index contributed by atoms with van der Waals surface area (Å²) in [6.07, 6.45) is 0. The van der Waals surface area contributed by atoms with Crippen molar-refractivity contribution in [3.8, 4) is 0 Å². The SMILES string of the molecule is CCN(OC(=O)c1ccccc1)S(=O)(=O)c1ccccc1Br. The molecule has 0 aromatic heterocycles. The van der Waals surface area contributed by atoms with Crippen molar-refractivity contribution in [3.05, 3.63) is 64.6 Å². The van der Waals surface area contributed by atoms with Crippen LogP contribution in [0.4, 0.5) is 0 Å². The van der Waals surface area contributed by atoms with Crippen LogP contribution >= 0.6 is 15.9 Å². The molecule has 0 heterocycles. The van der Waals surface area contributed by atoms with Crippen molar-refractivity contribution >= 4 is 31.9 Å². The molecule has 0 saturated carbocycles. The summed E-state index contributed by atoms with van der Waals surface area (Å²) >= 11 is 3.19. The number of halogens is 1. The standard InChI is InChI=1S/C15H14BrNO4S/c1-2-17(21-15(18)12-8-4-3-5-9-12)22(19,20)14-11-7-6-10-13(14)16/h3-11H,2H2,1H3. The third-order valence-electron chi connectivity index (χ3n) is 2.84. The van der Waals surface area contributed by atoms with Crippen molar-refractivity contribution in [2.24, 2.45) is 0 Å². The Labute approximate surface area is 137 Å². The van der Waals surface area contributed by atoms with Crippen LogP contribution in [0.25, 0.3) is 0 Å². The zero-order chi connectivity index (χ0) is 16.2. The summed E-state index contributed by atoms with van der Waals surface area (Å²) in [5.74, 6) is -0.724. The van der Waals surface area contributed by atoms with Gasteiger partial charge in [-0.25, -0.2) is 13.2 Å². The second-order valence-corrected chi connectivity index (χ2v) is 6.95. The number of carbonyl (C=O) groups is 1. The number of hydrogen-bond acceptors (Lipinski definition) is 4. The summed E-state index contributed by atoms with van der Waals surface area (Å²) in [7, 11) is -3.94. The summed E-state index contributed by atoms with van der Waals surface area (Å²) in [4.78, 5) is 17.1. The van der Waals surface area contributed by atoms with Gasteiger partial charge in [0, 0.05) is 11.0 Å². The van der Waals surface area contributed by atoms with E-state index in [9.17, 15) is 13.2 Å². The van der Waals surface area contributed by atoms with Gasteiger partial charge in [0.15, 0.2) is 0 Å². The Bertz CT molecular complexity index is 762. The average Bonchev–Trinajstić information content (AvgIpc) is 2.53. The van der Waals surface area contributed by atoms with Gasteiger partial charge < -0.3 is 4.84 Å². The maximum absolute atomic E-state index is 12.6. The van der Waals surface area contributed by atoms with E-state index < -0.39 is 16.0 Å².